The lowest BCUT2D eigenvalue weighted by Crippen LogP contribution is -2.23. The second kappa shape index (κ2) is 5.10. The van der Waals surface area contributed by atoms with Crippen LogP contribution in [0.2, 0.25) is 5.15 Å². The zero-order valence-electron chi connectivity index (χ0n) is 9.43. The van der Waals surface area contributed by atoms with Gasteiger partial charge in [0.05, 0.1) is 0 Å². The first-order chi connectivity index (χ1) is 8.16. The maximum Gasteiger partial charge on any atom is 0.254 e. The minimum atomic E-state index is -0.119. The van der Waals surface area contributed by atoms with Gasteiger partial charge in [-0.1, -0.05) is 17.7 Å². The highest BCUT2D eigenvalue weighted by atomic mass is 35.5. The predicted octanol–water partition coefficient (Wildman–Crippen LogP) is 1.84. The molecule has 0 fully saturated rings. The molecular weight excluding hydrogens is 238 g/mol. The summed E-state index contributed by atoms with van der Waals surface area (Å²) in [5.74, 6) is 0.631. The van der Waals surface area contributed by atoms with E-state index in [0.717, 1.165) is 12.0 Å². The normalized spacial score (nSPS) is 10.5. The van der Waals surface area contributed by atoms with Crippen molar-refractivity contribution < 1.29 is 0 Å². The second-order valence-electron chi connectivity index (χ2n) is 3.73. The zero-order valence-corrected chi connectivity index (χ0v) is 10.2. The lowest BCUT2D eigenvalue weighted by Gasteiger charge is -2.08. The highest BCUT2D eigenvalue weighted by Gasteiger charge is 2.03. The molecule has 2 aromatic rings. The number of rotatable bonds is 3. The number of hydrogen-bond acceptors (Lipinski definition) is 3. The van der Waals surface area contributed by atoms with Crippen molar-refractivity contribution in [2.75, 3.05) is 0 Å². The molecule has 0 spiro atoms. The summed E-state index contributed by atoms with van der Waals surface area (Å²) in [4.78, 5) is 19.8. The zero-order chi connectivity index (χ0) is 12.3. The minimum absolute atomic E-state index is 0.119. The highest BCUT2D eigenvalue weighted by molar-refractivity contribution is 6.29. The van der Waals surface area contributed by atoms with Gasteiger partial charge in [-0.25, -0.2) is 4.98 Å². The van der Waals surface area contributed by atoms with E-state index >= 15 is 0 Å². The van der Waals surface area contributed by atoms with Gasteiger partial charge in [-0.05, 0) is 25.0 Å². The van der Waals surface area contributed by atoms with E-state index in [4.69, 9.17) is 11.6 Å². The van der Waals surface area contributed by atoms with Gasteiger partial charge in [0.25, 0.3) is 5.56 Å². The third-order valence-electron chi connectivity index (χ3n) is 2.51. The van der Waals surface area contributed by atoms with Crippen LogP contribution in [-0.2, 0) is 13.0 Å². The van der Waals surface area contributed by atoms with E-state index in [0.29, 0.717) is 12.4 Å². The Morgan fingerprint density at radius 2 is 2.29 bits per heavy atom. The number of pyridine rings is 1. The van der Waals surface area contributed by atoms with Crippen LogP contribution >= 0.6 is 11.6 Å². The van der Waals surface area contributed by atoms with Gasteiger partial charge >= 0.3 is 0 Å². The molecule has 0 bridgehead atoms. The van der Waals surface area contributed by atoms with E-state index in [1.54, 1.807) is 23.9 Å². The summed E-state index contributed by atoms with van der Waals surface area (Å²) in [5, 5.41) is 0.241. The lowest BCUT2D eigenvalue weighted by molar-refractivity contribution is 0.629. The number of nitrogens with zero attached hydrogens (tertiary/aromatic N) is 3. The summed E-state index contributed by atoms with van der Waals surface area (Å²) in [6.07, 6.45) is 4.27. The molecule has 0 unspecified atom stereocenters. The monoisotopic (exact) mass is 249 g/mol. The Labute approximate surface area is 104 Å². The van der Waals surface area contributed by atoms with E-state index in [-0.39, 0.29) is 10.7 Å². The van der Waals surface area contributed by atoms with Gasteiger partial charge in [-0.3, -0.25) is 14.3 Å². The molecule has 0 saturated heterocycles. The van der Waals surface area contributed by atoms with Gasteiger partial charge < -0.3 is 0 Å². The van der Waals surface area contributed by atoms with Crippen LogP contribution in [0.25, 0.3) is 0 Å². The molecular formula is C12H12ClN3O. The van der Waals surface area contributed by atoms with Crippen molar-refractivity contribution in [3.63, 3.8) is 0 Å². The quantitative estimate of drug-likeness (QED) is 0.780. The Balaban J connectivity index is 2.18. The van der Waals surface area contributed by atoms with Crippen LogP contribution in [0.1, 0.15) is 11.4 Å². The molecule has 4 nitrogen and oxygen atoms in total. The molecule has 0 aromatic carbocycles. The summed E-state index contributed by atoms with van der Waals surface area (Å²) in [5.41, 5.74) is 0.972. The van der Waals surface area contributed by atoms with Crippen molar-refractivity contribution in [3.8, 4) is 0 Å². The fourth-order valence-corrected chi connectivity index (χ4v) is 1.86. The molecule has 0 amide bonds. The van der Waals surface area contributed by atoms with E-state index in [9.17, 15) is 4.79 Å². The van der Waals surface area contributed by atoms with Crippen LogP contribution in [0.3, 0.4) is 0 Å². The van der Waals surface area contributed by atoms with Crippen molar-refractivity contribution in [3.05, 3.63) is 57.5 Å². The Morgan fingerprint density at radius 3 is 2.94 bits per heavy atom. The Morgan fingerprint density at radius 1 is 1.47 bits per heavy atom. The Bertz CT molecular complexity index is 566. The Kier molecular flexibility index (Phi) is 3.54. The fraction of sp³-hybridized carbons (Fsp3) is 0.250. The topological polar surface area (TPSA) is 47.8 Å². The summed E-state index contributed by atoms with van der Waals surface area (Å²) in [7, 11) is 0. The molecule has 17 heavy (non-hydrogen) atoms. The average molecular weight is 250 g/mol. The molecule has 0 saturated carbocycles. The molecule has 0 atom stereocenters. The standard InChI is InChI=1S/C12H12ClN3O/c1-9-15-11(13)7-12(17)16(9)6-4-10-3-2-5-14-8-10/h2-3,5,7-8H,4,6H2,1H3. The van der Waals surface area contributed by atoms with Crippen LogP contribution in [0, 0.1) is 6.92 Å². The smallest absolute Gasteiger partial charge is 0.254 e. The van der Waals surface area contributed by atoms with Crippen molar-refractivity contribution >= 4 is 11.6 Å². The third kappa shape index (κ3) is 2.91. The fourth-order valence-electron chi connectivity index (χ4n) is 1.65. The molecule has 0 aliphatic heterocycles. The molecule has 2 aromatic heterocycles. The predicted molar refractivity (Wildman–Crippen MR) is 66.2 cm³/mol. The van der Waals surface area contributed by atoms with Gasteiger partial charge in [0.15, 0.2) is 0 Å². The molecule has 0 aliphatic rings. The number of aromatic nitrogens is 3. The van der Waals surface area contributed by atoms with E-state index in [2.05, 4.69) is 9.97 Å². The Hall–Kier alpha value is -1.68. The first kappa shape index (κ1) is 11.8. The van der Waals surface area contributed by atoms with Crippen LogP contribution < -0.4 is 5.56 Å². The first-order valence-electron chi connectivity index (χ1n) is 5.30. The number of halogens is 1. The van der Waals surface area contributed by atoms with Gasteiger partial charge in [0.2, 0.25) is 0 Å². The molecule has 0 radical (unpaired) electrons. The molecule has 0 aliphatic carbocycles. The summed E-state index contributed by atoms with van der Waals surface area (Å²) >= 11 is 5.70. The van der Waals surface area contributed by atoms with E-state index < -0.39 is 0 Å². The molecule has 0 N–H and O–H groups in total. The van der Waals surface area contributed by atoms with Gasteiger partial charge in [0.1, 0.15) is 11.0 Å². The summed E-state index contributed by atoms with van der Waals surface area (Å²) < 4.78 is 1.61. The van der Waals surface area contributed by atoms with Crippen molar-refractivity contribution in [2.24, 2.45) is 0 Å². The SMILES string of the molecule is Cc1nc(Cl)cc(=O)n1CCc1cccnc1. The molecule has 2 heterocycles. The molecule has 88 valence electrons. The largest absolute Gasteiger partial charge is 0.296 e. The summed E-state index contributed by atoms with van der Waals surface area (Å²) in [6.45, 7) is 2.36. The second-order valence-corrected chi connectivity index (χ2v) is 4.11. The lowest BCUT2D eigenvalue weighted by atomic mass is 10.2. The van der Waals surface area contributed by atoms with Crippen LogP contribution in [0.4, 0.5) is 0 Å². The highest BCUT2D eigenvalue weighted by Crippen LogP contribution is 2.03. The van der Waals surface area contributed by atoms with Crippen LogP contribution in [0.5, 0.6) is 0 Å². The maximum absolute atomic E-state index is 11.7. The maximum atomic E-state index is 11.7. The van der Waals surface area contributed by atoms with Crippen LogP contribution in [0.15, 0.2) is 35.4 Å². The van der Waals surface area contributed by atoms with Crippen molar-refractivity contribution in [1.29, 1.82) is 0 Å². The van der Waals surface area contributed by atoms with Crippen LogP contribution in [-0.4, -0.2) is 14.5 Å². The van der Waals surface area contributed by atoms with Crippen molar-refractivity contribution in [1.82, 2.24) is 14.5 Å². The van der Waals surface area contributed by atoms with Gasteiger partial charge in [-0.15, -0.1) is 0 Å². The number of aryl methyl sites for hydroxylation is 2. The third-order valence-corrected chi connectivity index (χ3v) is 2.71. The van der Waals surface area contributed by atoms with Gasteiger partial charge in [-0.2, -0.15) is 0 Å². The van der Waals surface area contributed by atoms with Gasteiger partial charge in [0, 0.05) is 25.0 Å². The minimum Gasteiger partial charge on any atom is -0.296 e. The molecule has 5 heteroatoms. The molecule has 2 rings (SSSR count). The van der Waals surface area contributed by atoms with Crippen molar-refractivity contribution in [2.45, 2.75) is 19.9 Å². The average Bonchev–Trinajstić information content (AvgIpc) is 2.29. The van der Waals surface area contributed by atoms with E-state index in [1.165, 1.54) is 6.07 Å². The van der Waals surface area contributed by atoms with E-state index in [1.807, 2.05) is 12.1 Å². The summed E-state index contributed by atoms with van der Waals surface area (Å²) in [6, 6.07) is 5.19. The first-order valence-corrected chi connectivity index (χ1v) is 5.67. The number of hydrogen-bond donors (Lipinski definition) is 0.